The van der Waals surface area contributed by atoms with Crippen LogP contribution in [0, 0.1) is 0 Å². The monoisotopic (exact) mass is 223 g/mol. The van der Waals surface area contributed by atoms with E-state index in [-0.39, 0.29) is 11.5 Å². The summed E-state index contributed by atoms with van der Waals surface area (Å²) in [7, 11) is -3.08. The maximum Gasteiger partial charge on any atom is 0.243 e. The second-order valence-electron chi connectivity index (χ2n) is 2.91. The predicted molar refractivity (Wildman–Crippen MR) is 50.4 cm³/mol. The number of rotatable bonds is 2. The van der Waals surface area contributed by atoms with Gasteiger partial charge in [0.05, 0.1) is 22.9 Å². The van der Waals surface area contributed by atoms with Crippen molar-refractivity contribution < 1.29 is 13.2 Å². The van der Waals surface area contributed by atoms with Crippen molar-refractivity contribution in [2.45, 2.75) is 11.4 Å². The molecule has 2 unspecified atom stereocenters. The fraction of sp³-hybridized carbons (Fsp3) is 0.571. The number of amides is 1. The summed E-state index contributed by atoms with van der Waals surface area (Å²) in [4.78, 5) is 10.8. The normalized spacial score (nSPS) is 31.2. The van der Waals surface area contributed by atoms with Crippen LogP contribution in [0.2, 0.25) is 0 Å². The van der Waals surface area contributed by atoms with Gasteiger partial charge in [-0.15, -0.1) is 11.6 Å². The SMILES string of the molecule is C=CC(=O)NC1CS(=O)(=O)CC1Cl. The van der Waals surface area contributed by atoms with Gasteiger partial charge >= 0.3 is 0 Å². The number of hydrogen-bond donors (Lipinski definition) is 1. The van der Waals surface area contributed by atoms with Gasteiger partial charge in [0, 0.05) is 0 Å². The number of nitrogens with one attached hydrogen (secondary N) is 1. The minimum Gasteiger partial charge on any atom is -0.347 e. The lowest BCUT2D eigenvalue weighted by Gasteiger charge is -2.11. The second kappa shape index (κ2) is 3.67. The third-order valence-electron chi connectivity index (χ3n) is 1.80. The van der Waals surface area contributed by atoms with E-state index in [0.29, 0.717) is 0 Å². The minimum atomic E-state index is -3.08. The number of carbonyl (C=O) groups is 1. The Morgan fingerprint density at radius 3 is 2.54 bits per heavy atom. The molecule has 1 fully saturated rings. The smallest absolute Gasteiger partial charge is 0.243 e. The van der Waals surface area contributed by atoms with Gasteiger partial charge in [-0.05, 0) is 6.08 Å². The van der Waals surface area contributed by atoms with Crippen molar-refractivity contribution >= 4 is 27.3 Å². The molecule has 1 saturated heterocycles. The van der Waals surface area contributed by atoms with Gasteiger partial charge in [0.1, 0.15) is 0 Å². The molecule has 1 aliphatic heterocycles. The Morgan fingerprint density at radius 1 is 1.54 bits per heavy atom. The molecule has 74 valence electrons. The van der Waals surface area contributed by atoms with Gasteiger partial charge in [0.25, 0.3) is 0 Å². The van der Waals surface area contributed by atoms with Gasteiger partial charge in [0.15, 0.2) is 9.84 Å². The molecule has 1 rings (SSSR count). The number of hydrogen-bond acceptors (Lipinski definition) is 3. The van der Waals surface area contributed by atoms with Crippen molar-refractivity contribution in [1.82, 2.24) is 5.32 Å². The van der Waals surface area contributed by atoms with Crippen LogP contribution in [0.25, 0.3) is 0 Å². The van der Waals surface area contributed by atoms with Crippen LogP contribution in [-0.4, -0.2) is 37.2 Å². The second-order valence-corrected chi connectivity index (χ2v) is 5.63. The van der Waals surface area contributed by atoms with E-state index in [1.165, 1.54) is 0 Å². The molecule has 1 amide bonds. The maximum atomic E-state index is 11.1. The number of alkyl halides is 1. The fourth-order valence-electron chi connectivity index (χ4n) is 1.18. The van der Waals surface area contributed by atoms with Gasteiger partial charge in [-0.3, -0.25) is 4.79 Å². The summed E-state index contributed by atoms with van der Waals surface area (Å²) >= 11 is 5.74. The van der Waals surface area contributed by atoms with Crippen molar-refractivity contribution in [3.8, 4) is 0 Å². The molecule has 0 bridgehead atoms. The first-order valence-electron chi connectivity index (χ1n) is 3.72. The molecule has 6 heteroatoms. The molecule has 13 heavy (non-hydrogen) atoms. The topological polar surface area (TPSA) is 63.2 Å². The summed E-state index contributed by atoms with van der Waals surface area (Å²) in [6.45, 7) is 3.26. The molecule has 1 heterocycles. The molecule has 1 N–H and O–H groups in total. The molecular formula is C7H10ClNO3S. The summed E-state index contributed by atoms with van der Waals surface area (Å²) in [5.41, 5.74) is 0. The number of sulfone groups is 1. The third kappa shape index (κ3) is 2.70. The Hall–Kier alpha value is -0.550. The quantitative estimate of drug-likeness (QED) is 0.516. The van der Waals surface area contributed by atoms with Gasteiger partial charge in [-0.1, -0.05) is 6.58 Å². The van der Waals surface area contributed by atoms with Crippen LogP contribution in [0.1, 0.15) is 0 Å². The van der Waals surface area contributed by atoms with Crippen LogP contribution < -0.4 is 5.32 Å². The summed E-state index contributed by atoms with van der Waals surface area (Å²) in [5, 5.41) is 1.93. The lowest BCUT2D eigenvalue weighted by molar-refractivity contribution is -0.117. The Morgan fingerprint density at radius 2 is 2.15 bits per heavy atom. The van der Waals surface area contributed by atoms with Crippen molar-refractivity contribution in [3.05, 3.63) is 12.7 Å². The zero-order chi connectivity index (χ0) is 10.1. The van der Waals surface area contributed by atoms with E-state index < -0.39 is 27.2 Å². The average Bonchev–Trinajstić information content (AvgIpc) is 2.24. The number of halogens is 1. The van der Waals surface area contributed by atoms with E-state index >= 15 is 0 Å². The molecule has 0 aromatic rings. The Bertz CT molecular complexity index is 325. The van der Waals surface area contributed by atoms with Gasteiger partial charge in [-0.25, -0.2) is 8.42 Å². The van der Waals surface area contributed by atoms with E-state index in [0.717, 1.165) is 6.08 Å². The predicted octanol–water partition coefficient (Wildman–Crippen LogP) is -0.307. The van der Waals surface area contributed by atoms with Crippen LogP contribution in [0.5, 0.6) is 0 Å². The molecule has 0 spiro atoms. The van der Waals surface area contributed by atoms with Crippen molar-refractivity contribution in [1.29, 1.82) is 0 Å². The zero-order valence-electron chi connectivity index (χ0n) is 6.86. The molecule has 0 aromatic heterocycles. The first-order chi connectivity index (χ1) is 5.94. The fourth-order valence-corrected chi connectivity index (χ4v) is 3.73. The van der Waals surface area contributed by atoms with E-state index in [9.17, 15) is 13.2 Å². The largest absolute Gasteiger partial charge is 0.347 e. The highest BCUT2D eigenvalue weighted by molar-refractivity contribution is 7.91. The highest BCUT2D eigenvalue weighted by Gasteiger charge is 2.36. The summed E-state index contributed by atoms with van der Waals surface area (Å²) in [6.07, 6.45) is 1.09. The molecule has 0 aliphatic carbocycles. The Labute approximate surface area is 81.9 Å². The summed E-state index contributed by atoms with van der Waals surface area (Å²) in [6, 6.07) is -0.489. The molecule has 0 aromatic carbocycles. The standard InChI is InChI=1S/C7H10ClNO3S/c1-2-7(10)9-6-4-13(11,12)3-5(6)8/h2,5-6H,1,3-4H2,(H,9,10). The first kappa shape index (κ1) is 10.5. The Balaban J connectivity index is 2.63. The summed E-state index contributed by atoms with van der Waals surface area (Å²) < 4.78 is 22.1. The molecule has 1 aliphatic rings. The lowest BCUT2D eigenvalue weighted by atomic mass is 10.2. The minimum absolute atomic E-state index is 0.0728. The molecule has 0 radical (unpaired) electrons. The van der Waals surface area contributed by atoms with Crippen LogP contribution in [0.4, 0.5) is 0 Å². The van der Waals surface area contributed by atoms with Crippen LogP contribution in [0.3, 0.4) is 0 Å². The van der Waals surface area contributed by atoms with Crippen molar-refractivity contribution in [2.24, 2.45) is 0 Å². The number of carbonyl (C=O) groups excluding carboxylic acids is 1. The molecular weight excluding hydrogens is 214 g/mol. The van der Waals surface area contributed by atoms with Crippen LogP contribution in [-0.2, 0) is 14.6 Å². The summed E-state index contributed by atoms with van der Waals surface area (Å²) in [5.74, 6) is -0.551. The van der Waals surface area contributed by atoms with E-state index in [1.807, 2.05) is 0 Å². The highest BCUT2D eigenvalue weighted by atomic mass is 35.5. The molecule has 0 saturated carbocycles. The maximum absolute atomic E-state index is 11.1. The van der Waals surface area contributed by atoms with Crippen molar-refractivity contribution in [3.63, 3.8) is 0 Å². The van der Waals surface area contributed by atoms with Crippen LogP contribution in [0.15, 0.2) is 12.7 Å². The average molecular weight is 224 g/mol. The molecule has 2 atom stereocenters. The van der Waals surface area contributed by atoms with E-state index in [1.54, 1.807) is 0 Å². The Kier molecular flexibility index (Phi) is 2.98. The van der Waals surface area contributed by atoms with E-state index in [2.05, 4.69) is 11.9 Å². The van der Waals surface area contributed by atoms with Crippen LogP contribution >= 0.6 is 11.6 Å². The van der Waals surface area contributed by atoms with E-state index in [4.69, 9.17) is 11.6 Å². The highest BCUT2D eigenvalue weighted by Crippen LogP contribution is 2.17. The zero-order valence-corrected chi connectivity index (χ0v) is 8.44. The van der Waals surface area contributed by atoms with Gasteiger partial charge < -0.3 is 5.32 Å². The lowest BCUT2D eigenvalue weighted by Crippen LogP contribution is -2.39. The first-order valence-corrected chi connectivity index (χ1v) is 5.98. The molecule has 4 nitrogen and oxygen atoms in total. The van der Waals surface area contributed by atoms with Gasteiger partial charge in [-0.2, -0.15) is 0 Å². The third-order valence-corrected chi connectivity index (χ3v) is 4.17. The van der Waals surface area contributed by atoms with Gasteiger partial charge in [0.2, 0.25) is 5.91 Å². The van der Waals surface area contributed by atoms with Crippen molar-refractivity contribution in [2.75, 3.05) is 11.5 Å².